The minimum absolute atomic E-state index is 0.605. The second kappa shape index (κ2) is 5.78. The van der Waals surface area contributed by atoms with E-state index in [1.165, 1.54) is 11.3 Å². The lowest BCUT2D eigenvalue weighted by atomic mass is 10.2. The summed E-state index contributed by atoms with van der Waals surface area (Å²) >= 11 is 13.8. The Balaban J connectivity index is 2.30. The molecule has 1 N–H and O–H groups in total. The highest BCUT2D eigenvalue weighted by Crippen LogP contribution is 2.35. The van der Waals surface area contributed by atoms with Gasteiger partial charge < -0.3 is 5.32 Å². The molecule has 3 nitrogen and oxygen atoms in total. The minimum Gasteiger partial charge on any atom is -0.319 e. The molecule has 0 aliphatic carbocycles. The third-order valence-corrected chi connectivity index (χ3v) is 3.86. The molecule has 0 saturated heterocycles. The van der Waals surface area contributed by atoms with Gasteiger partial charge in [-0.05, 0) is 19.2 Å². The molecular weight excluding hydrogens is 277 g/mol. The van der Waals surface area contributed by atoms with Gasteiger partial charge in [0.25, 0.3) is 0 Å². The summed E-state index contributed by atoms with van der Waals surface area (Å²) in [6.45, 7) is 0.880. The average Bonchev–Trinajstić information content (AvgIpc) is 2.75. The smallest absolute Gasteiger partial charge is 0.150 e. The SMILES string of the molecule is CNCCc1nnc(-c2c(Cl)cccc2Cl)s1. The van der Waals surface area contributed by atoms with E-state index >= 15 is 0 Å². The fourth-order valence-corrected chi connectivity index (χ4v) is 2.99. The Kier molecular flexibility index (Phi) is 4.34. The summed E-state index contributed by atoms with van der Waals surface area (Å²) in [4.78, 5) is 0. The van der Waals surface area contributed by atoms with Gasteiger partial charge in [0, 0.05) is 18.5 Å². The first-order valence-electron chi connectivity index (χ1n) is 5.13. The van der Waals surface area contributed by atoms with E-state index in [1.54, 1.807) is 12.1 Å². The molecule has 2 rings (SSSR count). The second-order valence-electron chi connectivity index (χ2n) is 3.45. The second-order valence-corrected chi connectivity index (χ2v) is 5.33. The maximum Gasteiger partial charge on any atom is 0.150 e. The molecule has 0 fully saturated rings. The number of benzene rings is 1. The first-order valence-corrected chi connectivity index (χ1v) is 6.71. The van der Waals surface area contributed by atoms with E-state index in [1.807, 2.05) is 13.1 Å². The maximum atomic E-state index is 6.12. The summed E-state index contributed by atoms with van der Waals surface area (Å²) in [7, 11) is 1.91. The maximum absolute atomic E-state index is 6.12. The van der Waals surface area contributed by atoms with Gasteiger partial charge in [-0.1, -0.05) is 40.6 Å². The van der Waals surface area contributed by atoms with Gasteiger partial charge in [-0.2, -0.15) is 0 Å². The number of aromatic nitrogens is 2. The topological polar surface area (TPSA) is 37.8 Å². The Labute approximate surface area is 114 Å². The fraction of sp³-hybridized carbons (Fsp3) is 0.273. The first kappa shape index (κ1) is 12.8. The van der Waals surface area contributed by atoms with Gasteiger partial charge in [-0.25, -0.2) is 0 Å². The molecule has 2 aromatic rings. The van der Waals surface area contributed by atoms with Gasteiger partial charge in [0.15, 0.2) is 5.01 Å². The van der Waals surface area contributed by atoms with Gasteiger partial charge in [0.1, 0.15) is 5.01 Å². The summed E-state index contributed by atoms with van der Waals surface area (Å²) in [6, 6.07) is 5.42. The van der Waals surface area contributed by atoms with Crippen molar-refractivity contribution in [1.82, 2.24) is 15.5 Å². The van der Waals surface area contributed by atoms with E-state index in [2.05, 4.69) is 15.5 Å². The van der Waals surface area contributed by atoms with Crippen LogP contribution in [0.5, 0.6) is 0 Å². The van der Waals surface area contributed by atoms with Crippen LogP contribution >= 0.6 is 34.5 Å². The van der Waals surface area contributed by atoms with Crippen molar-refractivity contribution in [2.45, 2.75) is 6.42 Å². The molecule has 0 spiro atoms. The van der Waals surface area contributed by atoms with Crippen molar-refractivity contribution in [2.75, 3.05) is 13.6 Å². The van der Waals surface area contributed by atoms with E-state index in [0.717, 1.165) is 28.5 Å². The van der Waals surface area contributed by atoms with E-state index < -0.39 is 0 Å². The van der Waals surface area contributed by atoms with Crippen LogP contribution in [0.2, 0.25) is 10.0 Å². The third-order valence-electron chi connectivity index (χ3n) is 2.23. The monoisotopic (exact) mass is 287 g/mol. The highest BCUT2D eigenvalue weighted by atomic mass is 35.5. The molecule has 90 valence electrons. The Hall–Kier alpha value is -0.680. The molecule has 1 heterocycles. The number of likely N-dealkylation sites (N-methyl/N-ethyl adjacent to an activating group) is 1. The van der Waals surface area contributed by atoms with Crippen molar-refractivity contribution >= 4 is 34.5 Å². The number of hydrogen-bond donors (Lipinski definition) is 1. The predicted molar refractivity (Wildman–Crippen MR) is 73.0 cm³/mol. The molecule has 1 aromatic heterocycles. The van der Waals surface area contributed by atoms with Gasteiger partial charge in [-0.15, -0.1) is 10.2 Å². The van der Waals surface area contributed by atoms with Crippen molar-refractivity contribution in [3.8, 4) is 10.6 Å². The Bertz CT molecular complexity index is 493. The molecule has 6 heteroatoms. The molecule has 0 unspecified atom stereocenters. The molecule has 0 atom stereocenters. The van der Waals surface area contributed by atoms with Crippen LogP contribution in [-0.4, -0.2) is 23.8 Å². The highest BCUT2D eigenvalue weighted by molar-refractivity contribution is 7.14. The average molecular weight is 288 g/mol. The number of nitrogens with one attached hydrogen (secondary N) is 1. The van der Waals surface area contributed by atoms with Crippen LogP contribution in [0.25, 0.3) is 10.6 Å². The van der Waals surface area contributed by atoms with E-state index in [4.69, 9.17) is 23.2 Å². The highest BCUT2D eigenvalue weighted by Gasteiger charge is 2.13. The fourth-order valence-electron chi connectivity index (χ4n) is 1.39. The zero-order chi connectivity index (χ0) is 12.3. The lowest BCUT2D eigenvalue weighted by molar-refractivity contribution is 0.779. The van der Waals surface area contributed by atoms with Gasteiger partial charge in [0.05, 0.1) is 10.0 Å². The Morgan fingerprint density at radius 2 is 1.94 bits per heavy atom. The summed E-state index contributed by atoms with van der Waals surface area (Å²) in [6.07, 6.45) is 0.857. The van der Waals surface area contributed by atoms with Gasteiger partial charge in [-0.3, -0.25) is 0 Å². The minimum atomic E-state index is 0.605. The molecule has 1 aromatic carbocycles. The Morgan fingerprint density at radius 1 is 1.24 bits per heavy atom. The molecule has 0 bridgehead atoms. The lowest BCUT2D eigenvalue weighted by Gasteiger charge is -2.01. The molecule has 0 saturated carbocycles. The Morgan fingerprint density at radius 3 is 2.59 bits per heavy atom. The summed E-state index contributed by atoms with van der Waals surface area (Å²) in [5.74, 6) is 0. The number of rotatable bonds is 4. The summed E-state index contributed by atoms with van der Waals surface area (Å²) < 4.78 is 0. The molecule has 0 radical (unpaired) electrons. The van der Waals surface area contributed by atoms with Crippen LogP contribution in [-0.2, 0) is 6.42 Å². The van der Waals surface area contributed by atoms with Crippen LogP contribution < -0.4 is 5.32 Å². The number of halogens is 2. The van der Waals surface area contributed by atoms with Crippen LogP contribution in [0.3, 0.4) is 0 Å². The number of hydrogen-bond acceptors (Lipinski definition) is 4. The number of nitrogens with zero attached hydrogens (tertiary/aromatic N) is 2. The van der Waals surface area contributed by atoms with Gasteiger partial charge in [0.2, 0.25) is 0 Å². The van der Waals surface area contributed by atoms with Crippen molar-refractivity contribution < 1.29 is 0 Å². The van der Waals surface area contributed by atoms with Crippen molar-refractivity contribution in [2.24, 2.45) is 0 Å². The van der Waals surface area contributed by atoms with Crippen LogP contribution in [0.1, 0.15) is 5.01 Å². The van der Waals surface area contributed by atoms with Crippen molar-refractivity contribution in [3.63, 3.8) is 0 Å². The van der Waals surface area contributed by atoms with Crippen molar-refractivity contribution in [3.05, 3.63) is 33.3 Å². The van der Waals surface area contributed by atoms with Gasteiger partial charge >= 0.3 is 0 Å². The summed E-state index contributed by atoms with van der Waals surface area (Å²) in [5.41, 5.74) is 0.768. The van der Waals surface area contributed by atoms with Crippen molar-refractivity contribution in [1.29, 1.82) is 0 Å². The normalized spacial score (nSPS) is 10.8. The lowest BCUT2D eigenvalue weighted by Crippen LogP contribution is -2.09. The quantitative estimate of drug-likeness (QED) is 0.938. The molecule has 17 heavy (non-hydrogen) atoms. The van der Waals surface area contributed by atoms with Crippen LogP contribution in [0.4, 0.5) is 0 Å². The zero-order valence-electron chi connectivity index (χ0n) is 9.20. The standard InChI is InChI=1S/C11H11Cl2N3S/c1-14-6-5-9-15-16-11(17-9)10-7(12)3-2-4-8(10)13/h2-4,14H,5-6H2,1H3. The largest absolute Gasteiger partial charge is 0.319 e. The molecule has 0 amide bonds. The summed E-state index contributed by atoms with van der Waals surface area (Å²) in [5, 5.41) is 14.3. The zero-order valence-corrected chi connectivity index (χ0v) is 11.5. The molecule has 0 aliphatic rings. The van der Waals surface area contributed by atoms with E-state index in [9.17, 15) is 0 Å². The third kappa shape index (κ3) is 2.96. The molecular formula is C11H11Cl2N3S. The van der Waals surface area contributed by atoms with Crippen LogP contribution in [0.15, 0.2) is 18.2 Å². The van der Waals surface area contributed by atoms with E-state index in [0.29, 0.717) is 10.0 Å². The first-order chi connectivity index (χ1) is 8.22. The van der Waals surface area contributed by atoms with E-state index in [-0.39, 0.29) is 0 Å². The predicted octanol–water partition coefficient (Wildman–Crippen LogP) is 3.27. The molecule has 0 aliphatic heterocycles. The van der Waals surface area contributed by atoms with Crippen LogP contribution in [0, 0.1) is 0 Å².